The molecule has 0 spiro atoms. The summed E-state index contributed by atoms with van der Waals surface area (Å²) in [7, 11) is 1.56. The van der Waals surface area contributed by atoms with Crippen molar-refractivity contribution in [3.63, 3.8) is 0 Å². The second kappa shape index (κ2) is 11.6. The monoisotopic (exact) mass is 552 g/mol. The van der Waals surface area contributed by atoms with E-state index in [9.17, 15) is 14.3 Å². The predicted octanol–water partition coefficient (Wildman–Crippen LogP) is 6.43. The Morgan fingerprint density at radius 1 is 1.10 bits per heavy atom. The van der Waals surface area contributed by atoms with Gasteiger partial charge in [0.1, 0.15) is 11.4 Å². The third-order valence-corrected chi connectivity index (χ3v) is 7.86. The van der Waals surface area contributed by atoms with Crippen LogP contribution in [-0.4, -0.2) is 42.2 Å². The zero-order valence-corrected chi connectivity index (χ0v) is 23.1. The number of carbonyl (C=O) groups excluding carboxylic acids is 1. The molecule has 1 aromatic heterocycles. The lowest BCUT2D eigenvalue weighted by Crippen LogP contribution is -2.28. The molecule has 6 nitrogen and oxygen atoms in total. The Labute approximate surface area is 233 Å². The number of Topliss-reactive ketones (excluding diaryl/α,β-unsaturated/α-hetero) is 1. The molecule has 0 amide bonds. The summed E-state index contributed by atoms with van der Waals surface area (Å²) < 4.78 is 25.2. The van der Waals surface area contributed by atoms with Gasteiger partial charge in [0.25, 0.3) is 0 Å². The Hall–Kier alpha value is -3.00. The molecule has 1 saturated heterocycles. The minimum Gasteiger partial charge on any atom is -0.493 e. The van der Waals surface area contributed by atoms with Crippen molar-refractivity contribution < 1.29 is 23.8 Å². The Balaban J connectivity index is 1.38. The zero-order chi connectivity index (χ0) is 27.6. The van der Waals surface area contributed by atoms with Crippen LogP contribution in [-0.2, 0) is 5.60 Å². The largest absolute Gasteiger partial charge is 0.493 e. The quantitative estimate of drug-likeness (QED) is 0.282. The van der Waals surface area contributed by atoms with Crippen LogP contribution in [0.3, 0.4) is 0 Å². The van der Waals surface area contributed by atoms with E-state index in [1.165, 1.54) is 6.07 Å². The predicted molar refractivity (Wildman–Crippen MR) is 149 cm³/mol. The number of methoxy groups -OCH3 is 1. The van der Waals surface area contributed by atoms with Crippen LogP contribution < -0.4 is 14.8 Å². The number of hydrogen-bond donors (Lipinski definition) is 2. The molecule has 0 bridgehead atoms. The van der Waals surface area contributed by atoms with Crippen molar-refractivity contribution in [2.24, 2.45) is 0 Å². The van der Waals surface area contributed by atoms with Crippen LogP contribution in [0.4, 0.5) is 4.39 Å². The van der Waals surface area contributed by atoms with Crippen molar-refractivity contribution >= 4 is 17.4 Å². The summed E-state index contributed by atoms with van der Waals surface area (Å²) in [6, 6.07) is 13.7. The number of nitrogens with one attached hydrogen (secondary N) is 1. The average molecular weight is 553 g/mol. The molecule has 0 radical (unpaired) electrons. The second-order valence-electron chi connectivity index (χ2n) is 10.7. The highest BCUT2D eigenvalue weighted by molar-refractivity contribution is 6.31. The molecule has 5 rings (SSSR count). The Kier molecular flexibility index (Phi) is 8.21. The topological polar surface area (TPSA) is 80.7 Å². The van der Waals surface area contributed by atoms with Gasteiger partial charge in [0.2, 0.25) is 0 Å². The van der Waals surface area contributed by atoms with Crippen molar-refractivity contribution in [3.05, 3.63) is 76.2 Å². The van der Waals surface area contributed by atoms with Gasteiger partial charge >= 0.3 is 0 Å². The maximum Gasteiger partial charge on any atom is 0.163 e. The van der Waals surface area contributed by atoms with Gasteiger partial charge < -0.3 is 19.9 Å². The summed E-state index contributed by atoms with van der Waals surface area (Å²) in [4.78, 5) is 17.9. The molecule has 2 heterocycles. The van der Waals surface area contributed by atoms with E-state index in [0.717, 1.165) is 44.3 Å². The molecule has 1 aliphatic heterocycles. The molecule has 2 aromatic carbocycles. The molecule has 1 aliphatic carbocycles. The van der Waals surface area contributed by atoms with Gasteiger partial charge in [-0.25, -0.2) is 9.37 Å². The molecule has 1 saturated carbocycles. The van der Waals surface area contributed by atoms with Gasteiger partial charge in [-0.1, -0.05) is 11.6 Å². The van der Waals surface area contributed by atoms with Crippen molar-refractivity contribution in [1.29, 1.82) is 0 Å². The molecule has 1 atom stereocenters. The lowest BCUT2D eigenvalue weighted by atomic mass is 9.86. The number of halogens is 2. The molecule has 2 aliphatic rings. The van der Waals surface area contributed by atoms with E-state index >= 15 is 0 Å². The first-order valence-corrected chi connectivity index (χ1v) is 13.9. The number of nitrogens with zero attached hydrogens (tertiary/aromatic N) is 1. The number of hydrogen-bond acceptors (Lipinski definition) is 6. The Morgan fingerprint density at radius 2 is 1.87 bits per heavy atom. The van der Waals surface area contributed by atoms with E-state index in [0.29, 0.717) is 39.9 Å². The van der Waals surface area contributed by atoms with Gasteiger partial charge in [0.05, 0.1) is 29.6 Å². The molecular weight excluding hydrogens is 519 g/mol. The number of aliphatic hydroxyl groups is 1. The smallest absolute Gasteiger partial charge is 0.163 e. The van der Waals surface area contributed by atoms with Crippen LogP contribution in [0.1, 0.15) is 73.0 Å². The molecular formula is C31H34ClFN2O4. The number of aromatic nitrogens is 1. The fraction of sp³-hybridized carbons (Fsp3) is 0.419. The first kappa shape index (κ1) is 27.6. The third-order valence-electron chi connectivity index (χ3n) is 7.57. The number of benzene rings is 2. The molecule has 8 heteroatoms. The average Bonchev–Trinajstić information content (AvgIpc) is 3.78. The van der Waals surface area contributed by atoms with E-state index in [4.69, 9.17) is 26.1 Å². The van der Waals surface area contributed by atoms with E-state index < -0.39 is 11.4 Å². The van der Waals surface area contributed by atoms with E-state index in [2.05, 4.69) is 5.32 Å². The highest BCUT2D eigenvalue weighted by Gasteiger charge is 2.29. The second-order valence-corrected chi connectivity index (χ2v) is 11.1. The first-order valence-electron chi connectivity index (χ1n) is 13.5. The van der Waals surface area contributed by atoms with Gasteiger partial charge in [-0.15, -0.1) is 0 Å². The Morgan fingerprint density at radius 3 is 2.56 bits per heavy atom. The number of piperidine rings is 1. The highest BCUT2D eigenvalue weighted by atomic mass is 35.5. The van der Waals surface area contributed by atoms with Crippen LogP contribution in [0.15, 0.2) is 48.5 Å². The van der Waals surface area contributed by atoms with Crippen LogP contribution >= 0.6 is 11.6 Å². The number of ether oxygens (including phenoxy) is 2. The summed E-state index contributed by atoms with van der Waals surface area (Å²) in [6.45, 7) is 3.52. The van der Waals surface area contributed by atoms with Crippen molar-refractivity contribution in [1.82, 2.24) is 10.3 Å². The summed E-state index contributed by atoms with van der Waals surface area (Å²) in [5.74, 6) is 0.870. The minimum atomic E-state index is -1.36. The van der Waals surface area contributed by atoms with Crippen LogP contribution in [0.5, 0.6) is 11.5 Å². The minimum absolute atomic E-state index is 0.0180. The van der Waals surface area contributed by atoms with Crippen molar-refractivity contribution in [3.8, 4) is 22.8 Å². The van der Waals surface area contributed by atoms with Gasteiger partial charge in [0, 0.05) is 17.5 Å². The number of ketones is 1. The molecule has 39 heavy (non-hydrogen) atoms. The molecule has 1 unspecified atom stereocenters. The lowest BCUT2D eigenvalue weighted by Gasteiger charge is -2.27. The standard InChI is InChI=1S/C31H34ClFN2O4/c1-31(37,12-9-27(36)21-4-8-28(29(17-21)38-2)39-23-5-6-23)30-18-22(19-10-13-34-14-11-19)16-26(35-30)20-3-7-25(33)24(32)15-20/h3-4,7-8,15-19,23,34,37H,5-6,9-14H2,1-2H3. The Bertz CT molecular complexity index is 1350. The highest BCUT2D eigenvalue weighted by Crippen LogP contribution is 2.36. The maximum absolute atomic E-state index is 13.9. The number of pyridine rings is 1. The van der Waals surface area contributed by atoms with E-state index in [1.807, 2.05) is 12.1 Å². The van der Waals surface area contributed by atoms with Crippen molar-refractivity contribution in [2.75, 3.05) is 20.2 Å². The van der Waals surface area contributed by atoms with Crippen molar-refractivity contribution in [2.45, 2.75) is 63.1 Å². The summed E-state index contributed by atoms with van der Waals surface area (Å²) in [5, 5.41) is 15.0. The van der Waals surface area contributed by atoms with Gasteiger partial charge in [-0.3, -0.25) is 4.79 Å². The summed E-state index contributed by atoms with van der Waals surface area (Å²) in [6.07, 6.45) is 4.52. The third kappa shape index (κ3) is 6.60. The summed E-state index contributed by atoms with van der Waals surface area (Å²) in [5.41, 5.74) is 1.98. The van der Waals surface area contributed by atoms with Crippen LogP contribution in [0.2, 0.25) is 5.02 Å². The van der Waals surface area contributed by atoms with Gasteiger partial charge in [0.15, 0.2) is 17.3 Å². The van der Waals surface area contributed by atoms with Crippen LogP contribution in [0.25, 0.3) is 11.3 Å². The maximum atomic E-state index is 13.9. The van der Waals surface area contributed by atoms with Gasteiger partial charge in [-0.05, 0) is 112 Å². The lowest BCUT2D eigenvalue weighted by molar-refractivity contribution is 0.0397. The fourth-order valence-corrected chi connectivity index (χ4v) is 5.14. The normalized spacial score (nSPS) is 17.5. The first-order chi connectivity index (χ1) is 18.7. The molecule has 3 aromatic rings. The molecule has 2 N–H and O–H groups in total. The van der Waals surface area contributed by atoms with E-state index in [-0.39, 0.29) is 29.8 Å². The zero-order valence-electron chi connectivity index (χ0n) is 22.3. The fourth-order valence-electron chi connectivity index (χ4n) is 4.96. The SMILES string of the molecule is COc1cc(C(=O)CCC(C)(O)c2cc(C3CCNCC3)cc(-c3ccc(F)c(Cl)c3)n2)ccc1OC1CC1. The van der Waals surface area contributed by atoms with Crippen LogP contribution in [0, 0.1) is 5.82 Å². The number of carbonyl (C=O) groups is 1. The van der Waals surface area contributed by atoms with E-state index in [1.54, 1.807) is 44.4 Å². The van der Waals surface area contributed by atoms with Gasteiger partial charge in [-0.2, -0.15) is 0 Å². The number of rotatable bonds is 10. The molecule has 206 valence electrons. The summed E-state index contributed by atoms with van der Waals surface area (Å²) >= 11 is 6.07. The molecule has 2 fully saturated rings.